The molecule has 4 heteroatoms. The largest absolute Gasteiger partial charge is 0.480 e. The average Bonchev–Trinajstić information content (AvgIpc) is 2.30. The van der Waals surface area contributed by atoms with Crippen molar-refractivity contribution in [3.8, 4) is 0 Å². The molecule has 19 heavy (non-hydrogen) atoms. The van der Waals surface area contributed by atoms with Gasteiger partial charge in [0.2, 0.25) is 5.91 Å². The van der Waals surface area contributed by atoms with Gasteiger partial charge in [-0.05, 0) is 12.3 Å². The fourth-order valence-corrected chi connectivity index (χ4v) is 2.01. The van der Waals surface area contributed by atoms with Crippen molar-refractivity contribution in [1.29, 1.82) is 0 Å². The highest BCUT2D eigenvalue weighted by atomic mass is 16.4. The molecular weight excluding hydrogens is 242 g/mol. The summed E-state index contributed by atoms with van der Waals surface area (Å²) < 4.78 is 0. The third kappa shape index (κ3) is 10.5. The highest BCUT2D eigenvalue weighted by Gasteiger charge is 2.19. The Hall–Kier alpha value is -1.06. The Morgan fingerprint density at radius 3 is 2.16 bits per heavy atom. The van der Waals surface area contributed by atoms with Crippen LogP contribution in [0, 0.1) is 5.92 Å². The van der Waals surface area contributed by atoms with Crippen LogP contribution in [0.15, 0.2) is 0 Å². The van der Waals surface area contributed by atoms with E-state index in [2.05, 4.69) is 12.2 Å². The van der Waals surface area contributed by atoms with Gasteiger partial charge < -0.3 is 10.4 Å². The maximum absolute atomic E-state index is 11.6. The summed E-state index contributed by atoms with van der Waals surface area (Å²) in [4.78, 5) is 22.6. The van der Waals surface area contributed by atoms with Crippen molar-refractivity contribution >= 4 is 11.9 Å². The number of carboxylic acid groups (broad SMARTS) is 1. The first-order valence-corrected chi connectivity index (χ1v) is 7.49. The van der Waals surface area contributed by atoms with E-state index in [1.165, 1.54) is 19.3 Å². The van der Waals surface area contributed by atoms with Crippen LogP contribution >= 0.6 is 0 Å². The van der Waals surface area contributed by atoms with Crippen molar-refractivity contribution in [3.05, 3.63) is 0 Å². The number of aliphatic carboxylic acids is 1. The van der Waals surface area contributed by atoms with Gasteiger partial charge in [0.1, 0.15) is 6.04 Å². The number of unbranched alkanes of at least 4 members (excludes halogenated alkanes) is 5. The minimum absolute atomic E-state index is 0.159. The Balaban J connectivity index is 3.86. The molecule has 0 unspecified atom stereocenters. The first-order chi connectivity index (χ1) is 8.97. The molecule has 1 atom stereocenters. The van der Waals surface area contributed by atoms with Crippen molar-refractivity contribution < 1.29 is 14.7 Å². The van der Waals surface area contributed by atoms with Crippen LogP contribution < -0.4 is 5.32 Å². The molecule has 2 N–H and O–H groups in total. The number of hydrogen-bond acceptors (Lipinski definition) is 2. The van der Waals surface area contributed by atoms with Gasteiger partial charge >= 0.3 is 5.97 Å². The molecule has 0 spiro atoms. The molecule has 0 aromatic rings. The molecule has 1 amide bonds. The van der Waals surface area contributed by atoms with Crippen molar-refractivity contribution in [3.63, 3.8) is 0 Å². The lowest BCUT2D eigenvalue weighted by Gasteiger charge is -2.15. The molecule has 0 bridgehead atoms. The Bertz CT molecular complexity index is 264. The molecule has 0 rings (SSSR count). The summed E-state index contributed by atoms with van der Waals surface area (Å²) in [7, 11) is 0. The molecule has 0 saturated carbocycles. The number of hydrogen-bond donors (Lipinski definition) is 2. The topological polar surface area (TPSA) is 66.4 Å². The predicted octanol–water partition coefficient (Wildman–Crippen LogP) is 3.35. The van der Waals surface area contributed by atoms with Gasteiger partial charge in [0.25, 0.3) is 0 Å². The number of carboxylic acids is 1. The fraction of sp³-hybridized carbons (Fsp3) is 0.867. The van der Waals surface area contributed by atoms with Gasteiger partial charge in [0.05, 0.1) is 0 Å². The van der Waals surface area contributed by atoms with Gasteiger partial charge in [0, 0.05) is 6.42 Å². The van der Waals surface area contributed by atoms with Gasteiger partial charge in [0.15, 0.2) is 0 Å². The highest BCUT2D eigenvalue weighted by Crippen LogP contribution is 2.09. The monoisotopic (exact) mass is 271 g/mol. The smallest absolute Gasteiger partial charge is 0.326 e. The summed E-state index contributed by atoms with van der Waals surface area (Å²) in [6.45, 7) is 6.07. The molecular formula is C15H29NO3. The quantitative estimate of drug-likeness (QED) is 0.566. The molecule has 0 fully saturated rings. The normalized spacial score (nSPS) is 12.4. The Kier molecular flexibility index (Phi) is 10.2. The maximum atomic E-state index is 11.6. The van der Waals surface area contributed by atoms with E-state index >= 15 is 0 Å². The lowest BCUT2D eigenvalue weighted by atomic mass is 10.0. The van der Waals surface area contributed by atoms with Gasteiger partial charge in [-0.1, -0.05) is 59.3 Å². The minimum atomic E-state index is -0.925. The van der Waals surface area contributed by atoms with Crippen LogP contribution in [0.2, 0.25) is 0 Å². The molecule has 4 nitrogen and oxygen atoms in total. The van der Waals surface area contributed by atoms with E-state index in [1.54, 1.807) is 0 Å². The van der Waals surface area contributed by atoms with Gasteiger partial charge in [-0.2, -0.15) is 0 Å². The molecule has 0 aliphatic heterocycles. The second-order valence-corrected chi connectivity index (χ2v) is 5.61. The van der Waals surface area contributed by atoms with Crippen LogP contribution in [0.3, 0.4) is 0 Å². The predicted molar refractivity (Wildman–Crippen MR) is 77.0 cm³/mol. The van der Waals surface area contributed by atoms with Gasteiger partial charge in [-0.15, -0.1) is 0 Å². The van der Waals surface area contributed by atoms with Crippen molar-refractivity contribution in [2.75, 3.05) is 0 Å². The summed E-state index contributed by atoms with van der Waals surface area (Å²) in [6.07, 6.45) is 7.66. The van der Waals surface area contributed by atoms with E-state index in [0.29, 0.717) is 12.8 Å². The lowest BCUT2D eigenvalue weighted by molar-refractivity contribution is -0.142. The van der Waals surface area contributed by atoms with Crippen molar-refractivity contribution in [2.24, 2.45) is 5.92 Å². The average molecular weight is 271 g/mol. The second-order valence-electron chi connectivity index (χ2n) is 5.61. The molecule has 0 aliphatic rings. The first kappa shape index (κ1) is 17.9. The molecule has 112 valence electrons. The van der Waals surface area contributed by atoms with Crippen LogP contribution in [-0.2, 0) is 9.59 Å². The van der Waals surface area contributed by atoms with E-state index in [4.69, 9.17) is 5.11 Å². The number of amides is 1. The number of nitrogens with one attached hydrogen (secondary N) is 1. The maximum Gasteiger partial charge on any atom is 0.326 e. The van der Waals surface area contributed by atoms with Crippen molar-refractivity contribution in [2.45, 2.75) is 78.2 Å². The summed E-state index contributed by atoms with van der Waals surface area (Å²) in [5, 5.41) is 11.7. The lowest BCUT2D eigenvalue weighted by Crippen LogP contribution is -2.41. The standard InChI is InChI=1S/C15H29NO3/c1-4-5-6-7-8-9-10-13(15(18)19)16-14(17)11-12(2)3/h12-13H,4-11H2,1-3H3,(H,16,17)(H,18,19)/t13-/m1/s1. The summed E-state index contributed by atoms with van der Waals surface area (Å²) in [5.74, 6) is -0.831. The number of rotatable bonds is 11. The summed E-state index contributed by atoms with van der Waals surface area (Å²) in [5.41, 5.74) is 0. The Morgan fingerprint density at radius 1 is 1.05 bits per heavy atom. The SMILES string of the molecule is CCCCCCCC[C@@H](NC(=O)CC(C)C)C(=O)O. The third-order valence-corrected chi connectivity index (χ3v) is 3.07. The molecule has 0 aromatic carbocycles. The van der Waals surface area contributed by atoms with Crippen LogP contribution in [0.25, 0.3) is 0 Å². The summed E-state index contributed by atoms with van der Waals surface area (Å²) in [6, 6.07) is -0.725. The number of carbonyl (C=O) groups is 2. The molecule has 0 aromatic heterocycles. The van der Waals surface area contributed by atoms with Gasteiger partial charge in [-0.3, -0.25) is 4.79 Å². The van der Waals surface area contributed by atoms with E-state index < -0.39 is 12.0 Å². The van der Waals surface area contributed by atoms with Crippen LogP contribution in [0.1, 0.15) is 72.1 Å². The summed E-state index contributed by atoms with van der Waals surface area (Å²) >= 11 is 0. The second kappa shape index (κ2) is 10.8. The highest BCUT2D eigenvalue weighted by molar-refractivity contribution is 5.83. The van der Waals surface area contributed by atoms with E-state index in [0.717, 1.165) is 19.3 Å². The zero-order valence-corrected chi connectivity index (χ0v) is 12.6. The zero-order valence-electron chi connectivity index (χ0n) is 12.6. The van der Waals surface area contributed by atoms with Crippen LogP contribution in [0.5, 0.6) is 0 Å². The van der Waals surface area contributed by atoms with Crippen LogP contribution in [0.4, 0.5) is 0 Å². The van der Waals surface area contributed by atoms with Crippen molar-refractivity contribution in [1.82, 2.24) is 5.32 Å². The molecule has 0 heterocycles. The Labute approximate surface area is 117 Å². The minimum Gasteiger partial charge on any atom is -0.480 e. The zero-order chi connectivity index (χ0) is 14.7. The molecule has 0 aliphatic carbocycles. The third-order valence-electron chi connectivity index (χ3n) is 3.07. The van der Waals surface area contributed by atoms with Gasteiger partial charge in [-0.25, -0.2) is 4.79 Å². The number of carbonyl (C=O) groups excluding carboxylic acids is 1. The molecule has 0 radical (unpaired) electrons. The van der Waals surface area contributed by atoms with Crippen LogP contribution in [-0.4, -0.2) is 23.0 Å². The van der Waals surface area contributed by atoms with E-state index in [9.17, 15) is 9.59 Å². The van der Waals surface area contributed by atoms with E-state index in [1.807, 2.05) is 13.8 Å². The van der Waals surface area contributed by atoms with E-state index in [-0.39, 0.29) is 11.8 Å². The fourth-order valence-electron chi connectivity index (χ4n) is 2.01. The Morgan fingerprint density at radius 2 is 1.63 bits per heavy atom. The first-order valence-electron chi connectivity index (χ1n) is 7.49. The molecule has 0 saturated heterocycles.